The lowest BCUT2D eigenvalue weighted by Crippen LogP contribution is -2.46. The van der Waals surface area contributed by atoms with Crippen molar-refractivity contribution < 1.29 is 19.1 Å². The van der Waals surface area contributed by atoms with Gasteiger partial charge in [0.05, 0.1) is 24.4 Å². The van der Waals surface area contributed by atoms with Crippen molar-refractivity contribution in [3.63, 3.8) is 0 Å². The zero-order valence-electron chi connectivity index (χ0n) is 15.1. The molecule has 0 spiro atoms. The summed E-state index contributed by atoms with van der Waals surface area (Å²) in [4.78, 5) is 26.9. The molecule has 3 rings (SSSR count). The third kappa shape index (κ3) is 3.39. The number of fused-ring (bicyclic) bond motifs is 1. The van der Waals surface area contributed by atoms with Gasteiger partial charge in [-0.2, -0.15) is 5.10 Å². The van der Waals surface area contributed by atoms with Gasteiger partial charge in [0.15, 0.2) is 0 Å². The van der Waals surface area contributed by atoms with Gasteiger partial charge >= 0.3 is 6.09 Å². The van der Waals surface area contributed by atoms with Gasteiger partial charge in [0.2, 0.25) is 0 Å². The molecule has 0 saturated carbocycles. The number of aromatic nitrogens is 2. The topological polar surface area (TPSA) is 97.7 Å². The largest absolute Gasteiger partial charge is 0.448 e. The maximum Gasteiger partial charge on any atom is 0.436 e. The van der Waals surface area contributed by atoms with Gasteiger partial charge in [-0.1, -0.05) is 0 Å². The van der Waals surface area contributed by atoms with Crippen LogP contribution in [0.4, 0.5) is 10.6 Å². The van der Waals surface area contributed by atoms with Gasteiger partial charge in [0.25, 0.3) is 5.91 Å². The summed E-state index contributed by atoms with van der Waals surface area (Å²) in [5, 5.41) is 10.5. The molecule has 2 aliphatic rings. The van der Waals surface area contributed by atoms with Crippen LogP contribution in [-0.4, -0.2) is 66.1 Å². The minimum atomic E-state index is -0.607. The molecular formula is C16H25N5O4. The Labute approximate surface area is 146 Å². The van der Waals surface area contributed by atoms with Crippen molar-refractivity contribution in [2.45, 2.75) is 39.0 Å². The molecule has 1 aromatic rings. The molecule has 1 atom stereocenters. The van der Waals surface area contributed by atoms with Crippen LogP contribution in [0.2, 0.25) is 0 Å². The lowest BCUT2D eigenvalue weighted by molar-refractivity contribution is -0.132. The van der Waals surface area contributed by atoms with Crippen molar-refractivity contribution in [2.75, 3.05) is 38.7 Å². The number of anilines is 1. The fourth-order valence-corrected chi connectivity index (χ4v) is 3.09. The zero-order valence-corrected chi connectivity index (χ0v) is 15.1. The molecule has 25 heavy (non-hydrogen) atoms. The summed E-state index contributed by atoms with van der Waals surface area (Å²) in [6.07, 6.45) is -1.19. The van der Waals surface area contributed by atoms with E-state index in [2.05, 4.69) is 15.7 Å². The molecule has 0 aliphatic carbocycles. The van der Waals surface area contributed by atoms with Gasteiger partial charge in [0, 0.05) is 25.2 Å². The van der Waals surface area contributed by atoms with Crippen molar-refractivity contribution in [1.82, 2.24) is 20.0 Å². The Morgan fingerprint density at radius 1 is 1.48 bits per heavy atom. The fourth-order valence-electron chi connectivity index (χ4n) is 3.09. The molecule has 0 aromatic carbocycles. The lowest BCUT2D eigenvalue weighted by Gasteiger charge is -2.29. The predicted molar refractivity (Wildman–Crippen MR) is 90.4 cm³/mol. The Hall–Kier alpha value is -1.97. The first kappa shape index (κ1) is 17.8. The normalized spacial score (nSPS) is 22.5. The highest BCUT2D eigenvalue weighted by Crippen LogP contribution is 2.34. The highest BCUT2D eigenvalue weighted by molar-refractivity contribution is 5.96. The van der Waals surface area contributed by atoms with Crippen LogP contribution in [0.1, 0.15) is 32.0 Å². The molecule has 1 unspecified atom stereocenters. The SMILES string of the molecule is CCOC(=O)n1nc2c(c1NC(=O)C1CN(C)CCO1)CNC2(C)C. The van der Waals surface area contributed by atoms with Gasteiger partial charge in [-0.15, -0.1) is 4.68 Å². The van der Waals surface area contributed by atoms with Crippen LogP contribution < -0.4 is 10.6 Å². The standard InChI is InChI=1S/C16H25N5O4/c1-5-24-15(23)21-13(10-8-17-16(2,3)12(10)19-21)18-14(22)11-9-20(4)6-7-25-11/h11,17H,5-9H2,1-4H3,(H,18,22). The Kier molecular flexibility index (Phi) is 4.81. The van der Waals surface area contributed by atoms with Gasteiger partial charge in [0.1, 0.15) is 11.9 Å². The zero-order chi connectivity index (χ0) is 18.2. The molecule has 2 aliphatic heterocycles. The number of hydrogen-bond donors (Lipinski definition) is 2. The van der Waals surface area contributed by atoms with Crippen molar-refractivity contribution in [1.29, 1.82) is 0 Å². The number of hydrogen-bond acceptors (Lipinski definition) is 7. The number of carbonyl (C=O) groups is 2. The number of amides is 1. The number of rotatable bonds is 3. The van der Waals surface area contributed by atoms with E-state index in [1.807, 2.05) is 25.8 Å². The Balaban J connectivity index is 1.89. The average Bonchev–Trinajstić information content (AvgIpc) is 3.06. The van der Waals surface area contributed by atoms with E-state index >= 15 is 0 Å². The Morgan fingerprint density at radius 2 is 2.24 bits per heavy atom. The number of carbonyl (C=O) groups excluding carboxylic acids is 2. The molecule has 3 heterocycles. The molecule has 9 heteroatoms. The van der Waals surface area contributed by atoms with E-state index in [-0.39, 0.29) is 18.1 Å². The van der Waals surface area contributed by atoms with Gasteiger partial charge in [-0.05, 0) is 27.8 Å². The molecule has 0 bridgehead atoms. The molecule has 138 valence electrons. The quantitative estimate of drug-likeness (QED) is 0.818. The number of ether oxygens (including phenoxy) is 2. The summed E-state index contributed by atoms with van der Waals surface area (Å²) in [6, 6.07) is 0. The van der Waals surface area contributed by atoms with E-state index in [4.69, 9.17) is 9.47 Å². The number of nitrogens with zero attached hydrogens (tertiary/aromatic N) is 3. The summed E-state index contributed by atoms with van der Waals surface area (Å²) in [5.41, 5.74) is 1.15. The van der Waals surface area contributed by atoms with E-state index in [1.165, 1.54) is 0 Å². The molecule has 1 amide bonds. The van der Waals surface area contributed by atoms with Gasteiger partial charge in [-0.3, -0.25) is 4.79 Å². The third-order valence-electron chi connectivity index (χ3n) is 4.53. The summed E-state index contributed by atoms with van der Waals surface area (Å²) in [5.74, 6) is 0.0675. The summed E-state index contributed by atoms with van der Waals surface area (Å²) < 4.78 is 11.8. The van der Waals surface area contributed by atoms with Crippen LogP contribution in [0.25, 0.3) is 0 Å². The maximum atomic E-state index is 12.6. The van der Waals surface area contributed by atoms with Crippen LogP contribution >= 0.6 is 0 Å². The Morgan fingerprint density at radius 3 is 2.92 bits per heavy atom. The summed E-state index contributed by atoms with van der Waals surface area (Å²) in [6.45, 7) is 8.22. The Bertz CT molecular complexity index is 684. The van der Waals surface area contributed by atoms with Crippen LogP contribution in [0.15, 0.2) is 0 Å². The second-order valence-electron chi connectivity index (χ2n) is 6.88. The van der Waals surface area contributed by atoms with Crippen molar-refractivity contribution in [3.8, 4) is 0 Å². The molecule has 2 N–H and O–H groups in total. The first-order valence-corrected chi connectivity index (χ1v) is 8.49. The van der Waals surface area contributed by atoms with Crippen molar-refractivity contribution in [2.24, 2.45) is 0 Å². The number of nitrogens with one attached hydrogen (secondary N) is 2. The minimum absolute atomic E-state index is 0.231. The van der Waals surface area contributed by atoms with Crippen molar-refractivity contribution >= 4 is 17.8 Å². The first-order chi connectivity index (χ1) is 11.8. The van der Waals surface area contributed by atoms with E-state index in [0.717, 1.165) is 22.5 Å². The summed E-state index contributed by atoms with van der Waals surface area (Å²) >= 11 is 0. The van der Waals surface area contributed by atoms with Crippen LogP contribution in [0.5, 0.6) is 0 Å². The first-order valence-electron chi connectivity index (χ1n) is 8.49. The van der Waals surface area contributed by atoms with Gasteiger partial charge < -0.3 is 25.0 Å². The highest BCUT2D eigenvalue weighted by atomic mass is 16.6. The minimum Gasteiger partial charge on any atom is -0.448 e. The molecule has 1 aromatic heterocycles. The molecule has 1 saturated heterocycles. The van der Waals surface area contributed by atoms with Crippen LogP contribution in [0, 0.1) is 0 Å². The maximum absolute atomic E-state index is 12.6. The van der Waals surface area contributed by atoms with E-state index < -0.39 is 12.2 Å². The van der Waals surface area contributed by atoms with E-state index in [9.17, 15) is 9.59 Å². The number of likely N-dealkylation sites (N-methyl/N-ethyl adjacent to an activating group) is 1. The van der Waals surface area contributed by atoms with Crippen molar-refractivity contribution in [3.05, 3.63) is 11.3 Å². The number of morpholine rings is 1. The van der Waals surface area contributed by atoms with Gasteiger partial charge in [-0.25, -0.2) is 4.79 Å². The third-order valence-corrected chi connectivity index (χ3v) is 4.53. The lowest BCUT2D eigenvalue weighted by atomic mass is 10.0. The second kappa shape index (κ2) is 6.74. The molecule has 1 fully saturated rings. The van der Waals surface area contributed by atoms with Crippen LogP contribution in [-0.2, 0) is 26.4 Å². The van der Waals surface area contributed by atoms with Crippen LogP contribution in [0.3, 0.4) is 0 Å². The predicted octanol–water partition coefficient (Wildman–Crippen LogP) is 0.495. The smallest absolute Gasteiger partial charge is 0.436 e. The monoisotopic (exact) mass is 351 g/mol. The molecule has 0 radical (unpaired) electrons. The summed E-state index contributed by atoms with van der Waals surface area (Å²) in [7, 11) is 1.94. The van der Waals surface area contributed by atoms with E-state index in [1.54, 1.807) is 6.92 Å². The molecular weight excluding hydrogens is 326 g/mol. The fraction of sp³-hybridized carbons (Fsp3) is 0.688. The second-order valence-corrected chi connectivity index (χ2v) is 6.88. The average molecular weight is 351 g/mol. The molecule has 9 nitrogen and oxygen atoms in total. The van der Waals surface area contributed by atoms with E-state index in [0.29, 0.717) is 25.5 Å². The highest BCUT2D eigenvalue weighted by Gasteiger charge is 2.38.